The molecule has 5 nitrogen and oxygen atoms in total. The van der Waals surface area contributed by atoms with Gasteiger partial charge in [0.2, 0.25) is 0 Å². The summed E-state index contributed by atoms with van der Waals surface area (Å²) in [6.45, 7) is 2.59. The number of urea groups is 1. The number of nitrogens with two attached hydrogens (primary N) is 1. The van der Waals surface area contributed by atoms with Crippen molar-refractivity contribution in [1.82, 2.24) is 4.90 Å². The van der Waals surface area contributed by atoms with E-state index in [0.29, 0.717) is 17.8 Å². The zero-order valence-electron chi connectivity index (χ0n) is 13.9. The number of benzene rings is 2. The van der Waals surface area contributed by atoms with Crippen molar-refractivity contribution in [2.75, 3.05) is 11.9 Å². The average molecular weight is 341 g/mol. The van der Waals surface area contributed by atoms with Crippen LogP contribution in [0.1, 0.15) is 35.2 Å². The first-order valence-electron chi connectivity index (χ1n) is 8.17. The van der Waals surface area contributed by atoms with Crippen LogP contribution in [0.4, 0.5) is 14.9 Å². The summed E-state index contributed by atoms with van der Waals surface area (Å²) in [7, 11) is 0. The minimum Gasteiger partial charge on any atom is -0.351 e. The van der Waals surface area contributed by atoms with Gasteiger partial charge in [-0.15, -0.1) is 0 Å². The molecule has 0 bridgehead atoms. The van der Waals surface area contributed by atoms with Crippen molar-refractivity contribution in [3.05, 3.63) is 65.5 Å². The normalized spacial score (nSPS) is 19.7. The molecule has 0 aromatic heterocycles. The lowest BCUT2D eigenvalue weighted by Gasteiger charge is -2.22. The Morgan fingerprint density at radius 3 is 2.60 bits per heavy atom. The Hall–Kier alpha value is -2.89. The zero-order chi connectivity index (χ0) is 18.0. The average Bonchev–Trinajstić information content (AvgIpc) is 2.96. The highest BCUT2D eigenvalue weighted by atomic mass is 19.1. The van der Waals surface area contributed by atoms with Gasteiger partial charge in [-0.25, -0.2) is 9.18 Å². The molecule has 3 N–H and O–H groups in total. The van der Waals surface area contributed by atoms with Gasteiger partial charge in [0.15, 0.2) is 0 Å². The predicted octanol–water partition coefficient (Wildman–Crippen LogP) is 3.33. The summed E-state index contributed by atoms with van der Waals surface area (Å²) in [5.74, 6) is -0.168. The molecule has 0 spiro atoms. The van der Waals surface area contributed by atoms with E-state index in [9.17, 15) is 14.0 Å². The van der Waals surface area contributed by atoms with Crippen molar-refractivity contribution in [2.24, 2.45) is 5.73 Å². The highest BCUT2D eigenvalue weighted by Crippen LogP contribution is 2.32. The van der Waals surface area contributed by atoms with E-state index in [1.165, 1.54) is 12.1 Å². The fourth-order valence-electron chi connectivity index (χ4n) is 3.33. The van der Waals surface area contributed by atoms with Crippen molar-refractivity contribution in [3.8, 4) is 0 Å². The Balaban J connectivity index is 1.76. The van der Waals surface area contributed by atoms with Crippen molar-refractivity contribution < 1.29 is 14.0 Å². The maximum Gasteiger partial charge on any atom is 0.316 e. The number of nitrogens with one attached hydrogen (secondary N) is 1. The molecule has 2 unspecified atom stereocenters. The maximum atomic E-state index is 13.1. The Morgan fingerprint density at radius 2 is 1.92 bits per heavy atom. The first-order valence-corrected chi connectivity index (χ1v) is 8.17. The molecule has 0 radical (unpaired) electrons. The van der Waals surface area contributed by atoms with Crippen LogP contribution in [0.25, 0.3) is 0 Å². The molecule has 1 saturated heterocycles. The van der Waals surface area contributed by atoms with E-state index in [1.807, 2.05) is 11.8 Å². The second kappa shape index (κ2) is 6.93. The van der Waals surface area contributed by atoms with Crippen molar-refractivity contribution in [3.63, 3.8) is 0 Å². The Labute approximate surface area is 145 Å². The van der Waals surface area contributed by atoms with E-state index in [-0.39, 0.29) is 23.7 Å². The van der Waals surface area contributed by atoms with Crippen LogP contribution in [0, 0.1) is 5.82 Å². The van der Waals surface area contributed by atoms with Gasteiger partial charge in [0.1, 0.15) is 5.82 Å². The van der Waals surface area contributed by atoms with Crippen molar-refractivity contribution in [2.45, 2.75) is 25.3 Å². The fourth-order valence-corrected chi connectivity index (χ4v) is 3.33. The predicted molar refractivity (Wildman–Crippen MR) is 93.9 cm³/mol. The fraction of sp³-hybridized carbons (Fsp3) is 0.263. The molecule has 0 saturated carbocycles. The summed E-state index contributed by atoms with van der Waals surface area (Å²) in [5.41, 5.74) is 7.14. The third kappa shape index (κ3) is 3.79. The number of amides is 3. The van der Waals surface area contributed by atoms with Gasteiger partial charge in [0, 0.05) is 29.8 Å². The highest BCUT2D eigenvalue weighted by Gasteiger charge is 2.33. The number of hydrogen-bond donors (Lipinski definition) is 2. The number of carbonyl (C=O) groups is 2. The third-order valence-corrected chi connectivity index (χ3v) is 4.55. The molecule has 0 aliphatic carbocycles. The van der Waals surface area contributed by atoms with E-state index in [4.69, 9.17) is 5.73 Å². The Morgan fingerprint density at radius 1 is 1.20 bits per heavy atom. The first kappa shape index (κ1) is 17.0. The number of likely N-dealkylation sites (tertiary alicyclic amines) is 1. The number of carbonyl (C=O) groups excluding carboxylic acids is 2. The number of hydrogen-bond acceptors (Lipinski definition) is 2. The molecule has 1 aliphatic heterocycles. The van der Waals surface area contributed by atoms with Crippen LogP contribution in [0.5, 0.6) is 0 Å². The van der Waals surface area contributed by atoms with Gasteiger partial charge in [0.25, 0.3) is 5.91 Å². The summed E-state index contributed by atoms with van der Waals surface area (Å²) in [6.07, 6.45) is 0.830. The van der Waals surface area contributed by atoms with E-state index in [2.05, 4.69) is 5.32 Å². The minimum absolute atomic E-state index is 0.0790. The van der Waals surface area contributed by atoms with Gasteiger partial charge in [-0.05, 0) is 49.2 Å². The lowest BCUT2D eigenvalue weighted by Crippen LogP contribution is -2.34. The number of anilines is 1. The van der Waals surface area contributed by atoms with Crippen molar-refractivity contribution >= 4 is 17.6 Å². The molecule has 3 amide bonds. The van der Waals surface area contributed by atoms with Gasteiger partial charge < -0.3 is 16.0 Å². The quantitative estimate of drug-likeness (QED) is 0.898. The largest absolute Gasteiger partial charge is 0.351 e. The van der Waals surface area contributed by atoms with Crippen LogP contribution in [-0.2, 0) is 0 Å². The maximum absolute atomic E-state index is 13.1. The zero-order valence-corrected chi connectivity index (χ0v) is 13.9. The van der Waals surface area contributed by atoms with Gasteiger partial charge in [-0.3, -0.25) is 4.79 Å². The minimum atomic E-state index is -0.671. The van der Waals surface area contributed by atoms with Crippen LogP contribution in [0.15, 0.2) is 48.5 Å². The highest BCUT2D eigenvalue weighted by molar-refractivity contribution is 5.97. The van der Waals surface area contributed by atoms with Gasteiger partial charge >= 0.3 is 6.03 Å². The van der Waals surface area contributed by atoms with Crippen LogP contribution in [-0.4, -0.2) is 29.4 Å². The lowest BCUT2D eigenvalue weighted by atomic mass is 9.97. The topological polar surface area (TPSA) is 75.4 Å². The SMILES string of the molecule is CC1CC(c2ccc(F)cc2)CN1C(=O)c1cccc(NC(N)=O)c1. The van der Waals surface area contributed by atoms with Gasteiger partial charge in [-0.2, -0.15) is 0 Å². The van der Waals surface area contributed by atoms with E-state index < -0.39 is 6.03 Å². The van der Waals surface area contributed by atoms with Crippen LogP contribution < -0.4 is 11.1 Å². The summed E-state index contributed by atoms with van der Waals surface area (Å²) in [6, 6.07) is 12.6. The number of rotatable bonds is 3. The number of primary amides is 1. The molecule has 130 valence electrons. The molecule has 6 heteroatoms. The summed E-state index contributed by atoms with van der Waals surface area (Å²) >= 11 is 0. The number of halogens is 1. The molecular weight excluding hydrogens is 321 g/mol. The monoisotopic (exact) mass is 341 g/mol. The molecular formula is C19H20FN3O2. The second-order valence-electron chi connectivity index (χ2n) is 6.36. The van der Waals surface area contributed by atoms with Crippen LogP contribution >= 0.6 is 0 Å². The van der Waals surface area contributed by atoms with E-state index >= 15 is 0 Å². The standard InChI is InChI=1S/C19H20FN3O2/c1-12-9-15(13-5-7-16(20)8-6-13)11-23(12)18(24)14-3-2-4-17(10-14)22-19(21)25/h2-8,10,12,15H,9,11H2,1H3,(H3,21,22,25). The van der Waals surface area contributed by atoms with Crippen LogP contribution in [0.2, 0.25) is 0 Å². The summed E-state index contributed by atoms with van der Waals surface area (Å²) in [5, 5.41) is 2.47. The molecule has 2 aromatic rings. The molecule has 1 fully saturated rings. The first-order chi connectivity index (χ1) is 11.9. The Bertz CT molecular complexity index is 792. The molecule has 25 heavy (non-hydrogen) atoms. The molecule has 1 heterocycles. The smallest absolute Gasteiger partial charge is 0.316 e. The Kier molecular flexibility index (Phi) is 4.70. The lowest BCUT2D eigenvalue weighted by molar-refractivity contribution is 0.0746. The van der Waals surface area contributed by atoms with Gasteiger partial charge in [-0.1, -0.05) is 18.2 Å². The third-order valence-electron chi connectivity index (χ3n) is 4.55. The van der Waals surface area contributed by atoms with E-state index in [0.717, 1.165) is 12.0 Å². The van der Waals surface area contributed by atoms with Crippen LogP contribution in [0.3, 0.4) is 0 Å². The molecule has 3 rings (SSSR count). The second-order valence-corrected chi connectivity index (χ2v) is 6.36. The molecule has 1 aliphatic rings. The van der Waals surface area contributed by atoms with Crippen molar-refractivity contribution in [1.29, 1.82) is 0 Å². The molecule has 2 atom stereocenters. The summed E-state index contributed by atoms with van der Waals surface area (Å²) in [4.78, 5) is 25.6. The summed E-state index contributed by atoms with van der Waals surface area (Å²) < 4.78 is 13.1. The number of nitrogens with zero attached hydrogens (tertiary/aromatic N) is 1. The molecule has 2 aromatic carbocycles. The van der Waals surface area contributed by atoms with E-state index in [1.54, 1.807) is 36.4 Å². The van der Waals surface area contributed by atoms with Gasteiger partial charge in [0.05, 0.1) is 0 Å².